The van der Waals surface area contributed by atoms with E-state index in [1.165, 1.54) is 12.7 Å². The van der Waals surface area contributed by atoms with E-state index >= 15 is 0 Å². The van der Waals surface area contributed by atoms with Crippen LogP contribution in [0, 0.1) is 5.92 Å². The Hall–Kier alpha value is -1.84. The van der Waals surface area contributed by atoms with Crippen molar-refractivity contribution in [2.24, 2.45) is 5.92 Å². The number of amides is 1. The van der Waals surface area contributed by atoms with Gasteiger partial charge in [0, 0.05) is 19.0 Å². The average molecular weight is 275 g/mol. The third-order valence-electron chi connectivity index (χ3n) is 3.57. The summed E-state index contributed by atoms with van der Waals surface area (Å²) in [7, 11) is 1.37. The van der Waals surface area contributed by atoms with Crippen LogP contribution in [0.5, 0.6) is 0 Å². The van der Waals surface area contributed by atoms with Crippen molar-refractivity contribution in [3.8, 4) is 0 Å². The molecule has 0 spiro atoms. The molecule has 108 valence electrons. The van der Waals surface area contributed by atoms with E-state index in [1.54, 1.807) is 0 Å². The number of methoxy groups -OCH3 is 1. The summed E-state index contributed by atoms with van der Waals surface area (Å²) >= 11 is 0. The number of esters is 1. The Labute approximate surface area is 119 Å². The predicted molar refractivity (Wildman–Crippen MR) is 76.1 cm³/mol. The van der Waals surface area contributed by atoms with Gasteiger partial charge in [0.15, 0.2) is 0 Å². The van der Waals surface area contributed by atoms with Gasteiger partial charge in [-0.2, -0.15) is 0 Å². The third-order valence-corrected chi connectivity index (χ3v) is 3.57. The lowest BCUT2D eigenvalue weighted by Gasteiger charge is -2.22. The summed E-state index contributed by atoms with van der Waals surface area (Å²) in [5.41, 5.74) is 1.21. The largest absolute Gasteiger partial charge is 0.469 e. The van der Waals surface area contributed by atoms with Crippen molar-refractivity contribution in [1.29, 1.82) is 0 Å². The molecular formula is C16H21NO3. The smallest absolute Gasteiger partial charge is 0.307 e. The minimum Gasteiger partial charge on any atom is -0.469 e. The number of hydrogen-bond acceptors (Lipinski definition) is 3. The molecular weight excluding hydrogens is 254 g/mol. The summed E-state index contributed by atoms with van der Waals surface area (Å²) in [6, 6.07) is 10.1. The lowest BCUT2D eigenvalue weighted by atomic mass is 10.1. The van der Waals surface area contributed by atoms with Crippen molar-refractivity contribution >= 4 is 11.9 Å². The fourth-order valence-electron chi connectivity index (χ4n) is 2.16. The standard InChI is InChI=1S/C16H21NO3/c1-20-15(18)10-12-17(16(19)14-7-8-14)11-9-13-5-3-2-4-6-13/h2-6,14H,7-12H2,1H3. The highest BCUT2D eigenvalue weighted by Crippen LogP contribution is 2.31. The number of nitrogens with zero attached hydrogens (tertiary/aromatic N) is 1. The van der Waals surface area contributed by atoms with Gasteiger partial charge in [0.2, 0.25) is 5.91 Å². The Morgan fingerprint density at radius 3 is 2.50 bits per heavy atom. The molecule has 0 unspecified atom stereocenters. The quantitative estimate of drug-likeness (QED) is 0.715. The van der Waals surface area contributed by atoms with E-state index in [0.717, 1.165) is 19.3 Å². The molecule has 1 amide bonds. The van der Waals surface area contributed by atoms with Crippen molar-refractivity contribution in [3.63, 3.8) is 0 Å². The summed E-state index contributed by atoms with van der Waals surface area (Å²) < 4.78 is 4.64. The van der Waals surface area contributed by atoms with Gasteiger partial charge in [-0.1, -0.05) is 30.3 Å². The fraction of sp³-hybridized carbons (Fsp3) is 0.500. The molecule has 0 N–H and O–H groups in total. The molecule has 0 bridgehead atoms. The lowest BCUT2D eigenvalue weighted by molar-refractivity contribution is -0.142. The number of rotatable bonds is 7. The Bertz CT molecular complexity index is 454. The van der Waals surface area contributed by atoms with E-state index in [-0.39, 0.29) is 24.2 Å². The maximum atomic E-state index is 12.2. The van der Waals surface area contributed by atoms with Gasteiger partial charge in [-0.05, 0) is 24.8 Å². The molecule has 1 saturated carbocycles. The zero-order valence-electron chi connectivity index (χ0n) is 11.9. The van der Waals surface area contributed by atoms with Crippen LogP contribution in [-0.2, 0) is 20.7 Å². The lowest BCUT2D eigenvalue weighted by Crippen LogP contribution is -2.36. The first-order valence-corrected chi connectivity index (χ1v) is 7.10. The summed E-state index contributed by atoms with van der Waals surface area (Å²) in [6.07, 6.45) is 3.06. The van der Waals surface area contributed by atoms with Gasteiger partial charge < -0.3 is 9.64 Å². The maximum Gasteiger partial charge on any atom is 0.307 e. The van der Waals surface area contributed by atoms with Crippen LogP contribution in [0.15, 0.2) is 30.3 Å². The highest BCUT2D eigenvalue weighted by atomic mass is 16.5. The van der Waals surface area contributed by atoms with Crippen LogP contribution in [0.2, 0.25) is 0 Å². The highest BCUT2D eigenvalue weighted by molar-refractivity contribution is 5.81. The first-order chi connectivity index (χ1) is 9.70. The van der Waals surface area contributed by atoms with Crippen LogP contribution in [0.3, 0.4) is 0 Å². The van der Waals surface area contributed by atoms with Gasteiger partial charge in [-0.25, -0.2) is 0 Å². The van der Waals surface area contributed by atoms with Crippen molar-refractivity contribution in [2.45, 2.75) is 25.7 Å². The van der Waals surface area contributed by atoms with Crippen LogP contribution in [0.25, 0.3) is 0 Å². The molecule has 0 aromatic heterocycles. The predicted octanol–water partition coefficient (Wildman–Crippen LogP) is 2.03. The number of hydrogen-bond donors (Lipinski definition) is 0. The average Bonchev–Trinajstić information content (AvgIpc) is 3.32. The van der Waals surface area contributed by atoms with Crippen molar-refractivity contribution in [2.75, 3.05) is 20.2 Å². The second-order valence-electron chi connectivity index (χ2n) is 5.16. The topological polar surface area (TPSA) is 46.6 Å². The van der Waals surface area contributed by atoms with Gasteiger partial charge in [-0.3, -0.25) is 9.59 Å². The molecule has 0 atom stereocenters. The van der Waals surface area contributed by atoms with Gasteiger partial charge in [0.1, 0.15) is 0 Å². The first kappa shape index (κ1) is 14.6. The number of benzene rings is 1. The van der Waals surface area contributed by atoms with Crippen molar-refractivity contribution in [1.82, 2.24) is 4.90 Å². The van der Waals surface area contributed by atoms with Crippen LogP contribution in [0.1, 0.15) is 24.8 Å². The van der Waals surface area contributed by atoms with Gasteiger partial charge in [0.25, 0.3) is 0 Å². The Morgan fingerprint density at radius 2 is 1.90 bits per heavy atom. The molecule has 1 aliphatic rings. The molecule has 1 aromatic rings. The van der Waals surface area contributed by atoms with Crippen molar-refractivity contribution < 1.29 is 14.3 Å². The van der Waals surface area contributed by atoms with E-state index in [9.17, 15) is 9.59 Å². The minimum absolute atomic E-state index is 0.184. The number of carbonyl (C=O) groups excluding carboxylic acids is 2. The second-order valence-corrected chi connectivity index (χ2v) is 5.16. The molecule has 4 nitrogen and oxygen atoms in total. The summed E-state index contributed by atoms with van der Waals surface area (Å²) in [4.78, 5) is 25.2. The number of carbonyl (C=O) groups is 2. The minimum atomic E-state index is -0.265. The zero-order chi connectivity index (χ0) is 14.4. The van der Waals surface area contributed by atoms with Crippen LogP contribution < -0.4 is 0 Å². The first-order valence-electron chi connectivity index (χ1n) is 7.10. The van der Waals surface area contributed by atoms with E-state index in [1.807, 2.05) is 23.1 Å². The Morgan fingerprint density at radius 1 is 1.20 bits per heavy atom. The summed E-state index contributed by atoms with van der Waals surface area (Å²) in [6.45, 7) is 1.12. The molecule has 1 fully saturated rings. The van der Waals surface area contributed by atoms with E-state index < -0.39 is 0 Å². The molecule has 2 rings (SSSR count). The highest BCUT2D eigenvalue weighted by Gasteiger charge is 2.33. The Balaban J connectivity index is 1.88. The molecule has 1 aliphatic carbocycles. The molecule has 1 aromatic carbocycles. The van der Waals surface area contributed by atoms with Crippen LogP contribution in [0.4, 0.5) is 0 Å². The maximum absolute atomic E-state index is 12.2. The van der Waals surface area contributed by atoms with Crippen LogP contribution in [-0.4, -0.2) is 37.0 Å². The van der Waals surface area contributed by atoms with Crippen LogP contribution >= 0.6 is 0 Å². The summed E-state index contributed by atoms with van der Waals surface area (Å²) in [5, 5.41) is 0. The van der Waals surface area contributed by atoms with Gasteiger partial charge in [0.05, 0.1) is 13.5 Å². The molecule has 20 heavy (non-hydrogen) atoms. The molecule has 0 heterocycles. The zero-order valence-corrected chi connectivity index (χ0v) is 11.9. The molecule has 4 heteroatoms. The van der Waals surface area contributed by atoms with E-state index in [4.69, 9.17) is 0 Å². The summed E-state index contributed by atoms with van der Waals surface area (Å²) in [5.74, 6) is 0.103. The van der Waals surface area contributed by atoms with Crippen molar-refractivity contribution in [3.05, 3.63) is 35.9 Å². The van der Waals surface area contributed by atoms with Gasteiger partial charge in [-0.15, -0.1) is 0 Å². The van der Waals surface area contributed by atoms with E-state index in [2.05, 4.69) is 16.9 Å². The third kappa shape index (κ3) is 4.37. The monoisotopic (exact) mass is 275 g/mol. The molecule has 0 aliphatic heterocycles. The SMILES string of the molecule is COC(=O)CCN(CCc1ccccc1)C(=O)C1CC1. The second kappa shape index (κ2) is 7.08. The fourth-order valence-corrected chi connectivity index (χ4v) is 2.16. The Kier molecular flexibility index (Phi) is 5.16. The van der Waals surface area contributed by atoms with Gasteiger partial charge >= 0.3 is 5.97 Å². The molecule has 0 saturated heterocycles. The molecule has 0 radical (unpaired) electrons. The van der Waals surface area contributed by atoms with E-state index in [0.29, 0.717) is 13.1 Å². The number of ether oxygens (including phenoxy) is 1. The normalized spacial score (nSPS) is 13.8.